The second kappa shape index (κ2) is 11.7. The summed E-state index contributed by atoms with van der Waals surface area (Å²) in [6, 6.07) is 14.8. The number of hydrogen-bond donors (Lipinski definition) is 2. The SMILES string of the molecule is CN=C(NCCC(=O)N(C)Cc1ccccc1)NCC(c1cccs1)N1CCCC1. The third-order valence-electron chi connectivity index (χ3n) is 5.46. The first-order valence-corrected chi connectivity index (χ1v) is 11.5. The molecule has 1 amide bonds. The molecule has 2 aromatic rings. The minimum Gasteiger partial charge on any atom is -0.356 e. The number of guanidine groups is 1. The Labute approximate surface area is 184 Å². The van der Waals surface area contributed by atoms with Crippen LogP contribution in [0.3, 0.4) is 0 Å². The van der Waals surface area contributed by atoms with E-state index in [0.717, 1.165) is 31.2 Å². The standard InChI is InChI=1S/C23H33N5OS/c1-24-23(25-13-12-22(29)27(2)18-19-9-4-3-5-10-19)26-17-20(21-11-8-16-30-21)28-14-6-7-15-28/h3-5,8-11,16,20H,6-7,12-15,17-18H2,1-2H3,(H2,24,25,26). The fourth-order valence-corrected chi connectivity index (χ4v) is 4.64. The lowest BCUT2D eigenvalue weighted by Crippen LogP contribution is -2.43. The Morgan fingerprint density at radius 3 is 2.60 bits per heavy atom. The first-order valence-electron chi connectivity index (χ1n) is 10.7. The minimum atomic E-state index is 0.121. The molecule has 1 aromatic carbocycles. The van der Waals surface area contributed by atoms with Crippen molar-refractivity contribution in [1.82, 2.24) is 20.4 Å². The maximum Gasteiger partial charge on any atom is 0.224 e. The van der Waals surface area contributed by atoms with Gasteiger partial charge in [-0.3, -0.25) is 14.7 Å². The highest BCUT2D eigenvalue weighted by atomic mass is 32.1. The van der Waals surface area contributed by atoms with Gasteiger partial charge < -0.3 is 15.5 Å². The Balaban J connectivity index is 1.43. The van der Waals surface area contributed by atoms with E-state index in [1.165, 1.54) is 17.7 Å². The van der Waals surface area contributed by atoms with Crippen molar-refractivity contribution in [3.8, 4) is 0 Å². The first-order chi connectivity index (χ1) is 14.7. The largest absolute Gasteiger partial charge is 0.356 e. The lowest BCUT2D eigenvalue weighted by molar-refractivity contribution is -0.130. The lowest BCUT2D eigenvalue weighted by atomic mass is 10.2. The van der Waals surface area contributed by atoms with Crippen LogP contribution < -0.4 is 10.6 Å². The summed E-state index contributed by atoms with van der Waals surface area (Å²) in [6.45, 7) is 4.30. The molecule has 30 heavy (non-hydrogen) atoms. The normalized spacial score (nSPS) is 15.7. The highest BCUT2D eigenvalue weighted by Crippen LogP contribution is 2.27. The van der Waals surface area contributed by atoms with Crippen LogP contribution >= 0.6 is 11.3 Å². The van der Waals surface area contributed by atoms with Crippen LogP contribution in [-0.2, 0) is 11.3 Å². The monoisotopic (exact) mass is 427 g/mol. The maximum atomic E-state index is 12.4. The van der Waals surface area contributed by atoms with Gasteiger partial charge in [0.2, 0.25) is 5.91 Å². The van der Waals surface area contributed by atoms with Crippen LogP contribution in [0.25, 0.3) is 0 Å². The summed E-state index contributed by atoms with van der Waals surface area (Å²) in [7, 11) is 3.62. The third-order valence-corrected chi connectivity index (χ3v) is 6.43. The lowest BCUT2D eigenvalue weighted by Gasteiger charge is -2.27. The molecule has 7 heteroatoms. The van der Waals surface area contributed by atoms with Gasteiger partial charge in [0.05, 0.1) is 6.04 Å². The highest BCUT2D eigenvalue weighted by molar-refractivity contribution is 7.10. The number of benzene rings is 1. The van der Waals surface area contributed by atoms with Crippen molar-refractivity contribution < 1.29 is 4.79 Å². The zero-order chi connectivity index (χ0) is 21.2. The molecule has 0 radical (unpaired) electrons. The summed E-state index contributed by atoms with van der Waals surface area (Å²) in [5.74, 6) is 0.865. The molecule has 1 aliphatic rings. The van der Waals surface area contributed by atoms with Gasteiger partial charge in [0.15, 0.2) is 5.96 Å². The molecule has 2 heterocycles. The molecule has 0 spiro atoms. The fourth-order valence-electron chi connectivity index (χ4n) is 3.78. The van der Waals surface area contributed by atoms with Crippen molar-refractivity contribution in [2.24, 2.45) is 4.99 Å². The van der Waals surface area contributed by atoms with Crippen LogP contribution in [0.2, 0.25) is 0 Å². The quantitative estimate of drug-likeness (QED) is 0.477. The number of carbonyl (C=O) groups is 1. The van der Waals surface area contributed by atoms with Crippen molar-refractivity contribution in [3.05, 3.63) is 58.3 Å². The van der Waals surface area contributed by atoms with Crippen LogP contribution in [-0.4, -0.2) is 61.9 Å². The number of amides is 1. The second-order valence-electron chi connectivity index (χ2n) is 7.64. The van der Waals surface area contributed by atoms with Gasteiger partial charge in [-0.05, 0) is 42.9 Å². The Kier molecular flexibility index (Phi) is 8.71. The summed E-state index contributed by atoms with van der Waals surface area (Å²) < 4.78 is 0. The molecule has 1 unspecified atom stereocenters. The molecular weight excluding hydrogens is 394 g/mol. The van der Waals surface area contributed by atoms with Crippen molar-refractivity contribution in [2.75, 3.05) is 40.3 Å². The van der Waals surface area contributed by atoms with Gasteiger partial charge in [0.25, 0.3) is 0 Å². The summed E-state index contributed by atoms with van der Waals surface area (Å²) >= 11 is 1.81. The topological polar surface area (TPSA) is 60.0 Å². The van der Waals surface area contributed by atoms with Gasteiger partial charge in [-0.2, -0.15) is 0 Å². The Bertz CT molecular complexity index is 787. The number of nitrogens with zero attached hydrogens (tertiary/aromatic N) is 3. The third kappa shape index (κ3) is 6.57. The summed E-state index contributed by atoms with van der Waals surface area (Å²) in [5, 5.41) is 8.88. The zero-order valence-corrected chi connectivity index (χ0v) is 18.8. The highest BCUT2D eigenvalue weighted by Gasteiger charge is 2.24. The van der Waals surface area contributed by atoms with E-state index in [0.29, 0.717) is 25.6 Å². The van der Waals surface area contributed by atoms with Gasteiger partial charge in [-0.1, -0.05) is 36.4 Å². The molecular formula is C23H33N5OS. The summed E-state index contributed by atoms with van der Waals surface area (Å²) in [4.78, 5) is 22.5. The molecule has 162 valence electrons. The number of rotatable bonds is 9. The number of hydrogen-bond acceptors (Lipinski definition) is 4. The van der Waals surface area contributed by atoms with Gasteiger partial charge in [0, 0.05) is 45.0 Å². The Morgan fingerprint density at radius 1 is 1.17 bits per heavy atom. The van der Waals surface area contributed by atoms with E-state index in [-0.39, 0.29) is 5.91 Å². The van der Waals surface area contributed by atoms with Crippen molar-refractivity contribution in [3.63, 3.8) is 0 Å². The van der Waals surface area contributed by atoms with Crippen LogP contribution in [0.1, 0.15) is 35.7 Å². The van der Waals surface area contributed by atoms with E-state index in [9.17, 15) is 4.79 Å². The summed E-state index contributed by atoms with van der Waals surface area (Å²) in [6.07, 6.45) is 2.98. The number of nitrogens with one attached hydrogen (secondary N) is 2. The van der Waals surface area contributed by atoms with Crippen molar-refractivity contribution in [1.29, 1.82) is 0 Å². The van der Waals surface area contributed by atoms with E-state index in [1.54, 1.807) is 11.9 Å². The molecule has 6 nitrogen and oxygen atoms in total. The molecule has 1 fully saturated rings. The van der Waals surface area contributed by atoms with Crippen molar-refractivity contribution >= 4 is 23.2 Å². The van der Waals surface area contributed by atoms with Gasteiger partial charge in [-0.15, -0.1) is 11.3 Å². The van der Waals surface area contributed by atoms with Crippen LogP contribution in [0.4, 0.5) is 0 Å². The maximum absolute atomic E-state index is 12.4. The molecule has 2 N–H and O–H groups in total. The number of carbonyl (C=O) groups excluding carboxylic acids is 1. The number of aliphatic imine (C=N–C) groups is 1. The number of thiophene rings is 1. The summed E-state index contributed by atoms with van der Waals surface area (Å²) in [5.41, 5.74) is 1.14. The first kappa shape index (κ1) is 22.3. The van der Waals surface area contributed by atoms with Crippen LogP contribution in [0.15, 0.2) is 52.8 Å². The average molecular weight is 428 g/mol. The number of likely N-dealkylation sites (tertiary alicyclic amines) is 1. The molecule has 1 saturated heterocycles. The molecule has 3 rings (SSSR count). The predicted octanol–water partition coefficient (Wildman–Crippen LogP) is 3.10. The minimum absolute atomic E-state index is 0.121. The van der Waals surface area contributed by atoms with E-state index in [2.05, 4.69) is 38.0 Å². The average Bonchev–Trinajstić information content (AvgIpc) is 3.48. The molecule has 0 bridgehead atoms. The van der Waals surface area contributed by atoms with E-state index in [1.807, 2.05) is 48.7 Å². The molecule has 1 aromatic heterocycles. The van der Waals surface area contributed by atoms with Crippen molar-refractivity contribution in [2.45, 2.75) is 31.8 Å². The van der Waals surface area contributed by atoms with E-state index >= 15 is 0 Å². The second-order valence-corrected chi connectivity index (χ2v) is 8.62. The smallest absolute Gasteiger partial charge is 0.224 e. The predicted molar refractivity (Wildman–Crippen MR) is 125 cm³/mol. The van der Waals surface area contributed by atoms with Gasteiger partial charge >= 0.3 is 0 Å². The molecule has 0 saturated carbocycles. The molecule has 0 aliphatic carbocycles. The Morgan fingerprint density at radius 2 is 1.93 bits per heavy atom. The fraction of sp³-hybridized carbons (Fsp3) is 0.478. The molecule has 1 aliphatic heterocycles. The van der Waals surface area contributed by atoms with Crippen LogP contribution in [0.5, 0.6) is 0 Å². The van der Waals surface area contributed by atoms with E-state index in [4.69, 9.17) is 0 Å². The Hall–Kier alpha value is -2.38. The van der Waals surface area contributed by atoms with Gasteiger partial charge in [-0.25, -0.2) is 0 Å². The molecule has 1 atom stereocenters. The zero-order valence-electron chi connectivity index (χ0n) is 18.0. The van der Waals surface area contributed by atoms with E-state index < -0.39 is 0 Å². The van der Waals surface area contributed by atoms with Gasteiger partial charge in [0.1, 0.15) is 0 Å². The van der Waals surface area contributed by atoms with Crippen LogP contribution in [0, 0.1) is 0 Å².